The number of hydrogen-bond donors (Lipinski definition) is 1. The van der Waals surface area contributed by atoms with Crippen molar-refractivity contribution in [3.8, 4) is 0 Å². The number of nitrogens with one attached hydrogen (secondary N) is 1. The molecule has 1 amide bonds. The standard InChI is InChI=1S/C23H32Cl3NO2/c1-17(2)15-27-21(28)14-18(3)10-8-6-4-5-7-9-13-29-16-19-11-12-20(24)23(26)22(19)25/h8,10-12,14,17H,4-7,9,13,15-16H2,1-3H3,(H,27,28)/b10-8+,18-14+. The molecule has 1 N–H and O–H groups in total. The van der Waals surface area contributed by atoms with Crippen molar-refractivity contribution in [1.82, 2.24) is 5.32 Å². The van der Waals surface area contributed by atoms with Gasteiger partial charge in [0.2, 0.25) is 5.91 Å². The molecular weight excluding hydrogens is 429 g/mol. The van der Waals surface area contributed by atoms with Crippen molar-refractivity contribution in [2.45, 2.75) is 59.5 Å². The molecule has 162 valence electrons. The Kier molecular flexibility index (Phi) is 13.4. The maximum absolute atomic E-state index is 11.7. The summed E-state index contributed by atoms with van der Waals surface area (Å²) in [6.45, 7) is 7.94. The molecule has 1 aromatic rings. The molecule has 0 fully saturated rings. The molecule has 6 heteroatoms. The van der Waals surface area contributed by atoms with Gasteiger partial charge < -0.3 is 10.1 Å². The van der Waals surface area contributed by atoms with Gasteiger partial charge in [-0.25, -0.2) is 0 Å². The minimum Gasteiger partial charge on any atom is -0.377 e. The molecular formula is C23H32Cl3NO2. The van der Waals surface area contributed by atoms with E-state index in [1.54, 1.807) is 12.1 Å². The second-order valence-electron chi connectivity index (χ2n) is 7.52. The second-order valence-corrected chi connectivity index (χ2v) is 8.68. The summed E-state index contributed by atoms with van der Waals surface area (Å²) in [6, 6.07) is 3.57. The molecule has 0 bridgehead atoms. The summed E-state index contributed by atoms with van der Waals surface area (Å²) in [5.74, 6) is 0.436. The first-order chi connectivity index (χ1) is 13.8. The molecule has 0 aliphatic heterocycles. The predicted octanol–water partition coefficient (Wildman–Crippen LogP) is 7.39. The van der Waals surface area contributed by atoms with E-state index in [9.17, 15) is 4.79 Å². The zero-order valence-corrected chi connectivity index (χ0v) is 19.8. The van der Waals surface area contributed by atoms with Gasteiger partial charge >= 0.3 is 0 Å². The van der Waals surface area contributed by atoms with Gasteiger partial charge in [0.15, 0.2) is 0 Å². The number of rotatable bonds is 13. The van der Waals surface area contributed by atoms with Crippen LogP contribution in [0.3, 0.4) is 0 Å². The van der Waals surface area contributed by atoms with Gasteiger partial charge in [0.1, 0.15) is 0 Å². The van der Waals surface area contributed by atoms with Gasteiger partial charge in [-0.2, -0.15) is 0 Å². The number of amides is 1. The van der Waals surface area contributed by atoms with Gasteiger partial charge in [-0.05, 0) is 49.3 Å². The summed E-state index contributed by atoms with van der Waals surface area (Å²) >= 11 is 18.1. The molecule has 0 saturated heterocycles. The van der Waals surface area contributed by atoms with E-state index in [0.717, 1.165) is 43.2 Å². The lowest BCUT2D eigenvalue weighted by atomic mass is 10.1. The summed E-state index contributed by atoms with van der Waals surface area (Å²) in [7, 11) is 0. The maximum Gasteiger partial charge on any atom is 0.244 e. The summed E-state index contributed by atoms with van der Waals surface area (Å²) in [6.07, 6.45) is 11.2. The summed E-state index contributed by atoms with van der Waals surface area (Å²) in [4.78, 5) is 11.7. The SMILES string of the molecule is CC(/C=C/CCCCCCOCc1ccc(Cl)c(Cl)c1Cl)=C\C(=O)NCC(C)C. The highest BCUT2D eigenvalue weighted by molar-refractivity contribution is 6.48. The highest BCUT2D eigenvalue weighted by Gasteiger charge is 2.08. The highest BCUT2D eigenvalue weighted by Crippen LogP contribution is 2.32. The third-order valence-corrected chi connectivity index (χ3v) is 5.54. The molecule has 29 heavy (non-hydrogen) atoms. The Morgan fingerprint density at radius 2 is 1.83 bits per heavy atom. The largest absolute Gasteiger partial charge is 0.377 e. The molecule has 0 saturated carbocycles. The van der Waals surface area contributed by atoms with Crippen LogP contribution in [0.2, 0.25) is 15.1 Å². The Bertz CT molecular complexity index is 700. The lowest BCUT2D eigenvalue weighted by molar-refractivity contribution is -0.116. The number of carbonyl (C=O) groups is 1. The van der Waals surface area contributed by atoms with Crippen molar-refractivity contribution in [1.29, 1.82) is 0 Å². The first-order valence-corrected chi connectivity index (χ1v) is 11.3. The quantitative estimate of drug-likeness (QED) is 0.144. The van der Waals surface area contributed by atoms with Gasteiger partial charge in [-0.15, -0.1) is 0 Å². The molecule has 0 radical (unpaired) electrons. The van der Waals surface area contributed by atoms with Crippen molar-refractivity contribution < 1.29 is 9.53 Å². The summed E-state index contributed by atoms with van der Waals surface area (Å²) in [5.41, 5.74) is 1.83. The number of hydrogen-bond acceptors (Lipinski definition) is 2. The highest BCUT2D eigenvalue weighted by atomic mass is 35.5. The molecule has 0 unspecified atom stereocenters. The first-order valence-electron chi connectivity index (χ1n) is 10.1. The maximum atomic E-state index is 11.7. The molecule has 0 atom stereocenters. The fourth-order valence-electron chi connectivity index (χ4n) is 2.56. The number of ether oxygens (including phenoxy) is 1. The number of carbonyl (C=O) groups excluding carboxylic acids is 1. The van der Waals surface area contributed by atoms with Crippen LogP contribution in [-0.2, 0) is 16.1 Å². The van der Waals surface area contributed by atoms with Crippen molar-refractivity contribution in [2.75, 3.05) is 13.2 Å². The molecule has 1 rings (SSSR count). The van der Waals surface area contributed by atoms with Crippen molar-refractivity contribution in [3.63, 3.8) is 0 Å². The second kappa shape index (κ2) is 14.9. The average molecular weight is 461 g/mol. The van der Waals surface area contributed by atoms with Crippen LogP contribution in [0.25, 0.3) is 0 Å². The molecule has 0 heterocycles. The van der Waals surface area contributed by atoms with E-state index < -0.39 is 0 Å². The average Bonchev–Trinajstić information content (AvgIpc) is 2.67. The Morgan fingerprint density at radius 3 is 2.55 bits per heavy atom. The molecule has 0 spiro atoms. The topological polar surface area (TPSA) is 38.3 Å². The van der Waals surface area contributed by atoms with E-state index in [1.807, 2.05) is 19.1 Å². The molecule has 3 nitrogen and oxygen atoms in total. The molecule has 0 aliphatic rings. The third-order valence-electron chi connectivity index (χ3n) is 4.21. The van der Waals surface area contributed by atoms with E-state index in [-0.39, 0.29) is 5.91 Å². The van der Waals surface area contributed by atoms with Crippen LogP contribution < -0.4 is 5.32 Å². The number of allylic oxidation sites excluding steroid dienone is 3. The van der Waals surface area contributed by atoms with Crippen molar-refractivity contribution >= 4 is 40.7 Å². The number of halogens is 3. The predicted molar refractivity (Wildman–Crippen MR) is 125 cm³/mol. The van der Waals surface area contributed by atoms with Crippen LogP contribution in [0.4, 0.5) is 0 Å². The van der Waals surface area contributed by atoms with Crippen molar-refractivity contribution in [3.05, 3.63) is 56.6 Å². The molecule has 0 aromatic heterocycles. The van der Waals surface area contributed by atoms with Crippen LogP contribution in [0.5, 0.6) is 0 Å². The Hall–Kier alpha value is -1.00. The molecule has 1 aromatic carbocycles. The van der Waals surface area contributed by atoms with Gasteiger partial charge in [0.25, 0.3) is 0 Å². The fraction of sp³-hybridized carbons (Fsp3) is 0.522. The van der Waals surface area contributed by atoms with E-state index in [4.69, 9.17) is 39.5 Å². The Balaban J connectivity index is 2.09. The number of unbranched alkanes of at least 4 members (excludes halogenated alkanes) is 4. The lowest BCUT2D eigenvalue weighted by Gasteiger charge is -2.08. The van der Waals surface area contributed by atoms with Crippen LogP contribution in [0, 0.1) is 5.92 Å². The van der Waals surface area contributed by atoms with E-state index in [2.05, 4.69) is 25.2 Å². The minimum atomic E-state index is -0.0250. The van der Waals surface area contributed by atoms with Crippen LogP contribution in [-0.4, -0.2) is 19.1 Å². The fourth-order valence-corrected chi connectivity index (χ4v) is 3.17. The van der Waals surface area contributed by atoms with Gasteiger partial charge in [-0.1, -0.05) is 79.7 Å². The zero-order valence-electron chi connectivity index (χ0n) is 17.6. The molecule has 0 aliphatic carbocycles. The van der Waals surface area contributed by atoms with Crippen LogP contribution in [0.15, 0.2) is 35.9 Å². The Labute approximate surface area is 190 Å². The van der Waals surface area contributed by atoms with Gasteiger partial charge in [-0.3, -0.25) is 4.79 Å². The minimum absolute atomic E-state index is 0.0250. The van der Waals surface area contributed by atoms with Gasteiger partial charge in [0, 0.05) is 19.2 Å². The van der Waals surface area contributed by atoms with Gasteiger partial charge in [0.05, 0.1) is 21.7 Å². The monoisotopic (exact) mass is 459 g/mol. The first kappa shape index (κ1) is 26.0. The smallest absolute Gasteiger partial charge is 0.244 e. The van der Waals surface area contributed by atoms with Crippen molar-refractivity contribution in [2.24, 2.45) is 5.92 Å². The zero-order chi connectivity index (χ0) is 21.6. The lowest BCUT2D eigenvalue weighted by Crippen LogP contribution is -2.25. The van der Waals surface area contributed by atoms with Crippen LogP contribution in [0.1, 0.15) is 58.4 Å². The van der Waals surface area contributed by atoms with E-state index >= 15 is 0 Å². The normalized spacial score (nSPS) is 12.2. The van der Waals surface area contributed by atoms with Crippen LogP contribution >= 0.6 is 34.8 Å². The van der Waals surface area contributed by atoms with E-state index in [0.29, 0.717) is 40.7 Å². The summed E-state index contributed by atoms with van der Waals surface area (Å²) in [5, 5.41) is 4.18. The van der Waals surface area contributed by atoms with E-state index in [1.165, 1.54) is 0 Å². The third kappa shape index (κ3) is 11.7. The summed E-state index contributed by atoms with van der Waals surface area (Å²) < 4.78 is 5.68. The number of benzene rings is 1. The Morgan fingerprint density at radius 1 is 1.10 bits per heavy atom.